The second kappa shape index (κ2) is 3.57. The molecule has 0 radical (unpaired) electrons. The fourth-order valence-electron chi connectivity index (χ4n) is 0.467. The van der Waals surface area contributed by atoms with Crippen molar-refractivity contribution >= 4 is 26.9 Å². The minimum absolute atomic E-state index is 0.245. The molecule has 1 aliphatic rings. The first-order valence-electron chi connectivity index (χ1n) is 2.55. The topological polar surface area (TPSA) is 67.5 Å². The van der Waals surface area contributed by atoms with Crippen molar-refractivity contribution in [2.75, 3.05) is 0 Å². The Bertz CT molecular complexity index is 231. The Labute approximate surface area is 68.3 Å². The summed E-state index contributed by atoms with van der Waals surface area (Å²) in [7, 11) is 0. The van der Waals surface area contributed by atoms with Crippen molar-refractivity contribution in [2.45, 2.75) is 0 Å². The Balaban J connectivity index is 2.74. The number of hydrogen-bond acceptors (Lipinski definition) is 3. The standard InChI is InChI=1S/C5H6IN3O/c7-9-5(10)4-1-2-8-6-3-4/h1-3H,7H2,(H,9,10). The minimum Gasteiger partial charge on any atom is -0.290 e. The van der Waals surface area contributed by atoms with Gasteiger partial charge in [0.1, 0.15) is 0 Å². The zero-order valence-corrected chi connectivity index (χ0v) is 7.20. The summed E-state index contributed by atoms with van der Waals surface area (Å²) in [5.41, 5.74) is 2.67. The van der Waals surface area contributed by atoms with Gasteiger partial charge in [-0.3, -0.25) is 10.2 Å². The van der Waals surface area contributed by atoms with Crippen LogP contribution in [0.5, 0.6) is 0 Å². The van der Waals surface area contributed by atoms with E-state index in [0.29, 0.717) is 5.57 Å². The fraction of sp³-hybridized carbons (Fsp3) is 0. The first kappa shape index (κ1) is 7.55. The Morgan fingerprint density at radius 3 is 3.10 bits per heavy atom. The summed E-state index contributed by atoms with van der Waals surface area (Å²) >= 11 is -0.305. The van der Waals surface area contributed by atoms with Gasteiger partial charge in [0, 0.05) is 36.9 Å². The average molecular weight is 251 g/mol. The van der Waals surface area contributed by atoms with Crippen LogP contribution in [0.1, 0.15) is 0 Å². The molecule has 5 heteroatoms. The number of nitrogens with one attached hydrogen (secondary N) is 1. The predicted molar refractivity (Wildman–Crippen MR) is 46.0 cm³/mol. The molecule has 0 aromatic rings. The highest BCUT2D eigenvalue weighted by molar-refractivity contribution is 14.2. The number of carbonyl (C=O) groups is 1. The van der Waals surface area contributed by atoms with Gasteiger partial charge in [0.15, 0.2) is 0 Å². The van der Waals surface area contributed by atoms with E-state index in [1.165, 1.54) is 0 Å². The van der Waals surface area contributed by atoms with E-state index in [9.17, 15) is 4.79 Å². The Morgan fingerprint density at radius 1 is 1.80 bits per heavy atom. The van der Waals surface area contributed by atoms with Gasteiger partial charge in [0.25, 0.3) is 5.91 Å². The molecule has 3 N–H and O–H groups in total. The molecule has 1 aliphatic heterocycles. The zero-order valence-electron chi connectivity index (χ0n) is 5.04. The number of hydrazine groups is 1. The maximum absolute atomic E-state index is 10.8. The molecular weight excluding hydrogens is 245 g/mol. The highest BCUT2D eigenvalue weighted by Gasteiger charge is 2.03. The lowest BCUT2D eigenvalue weighted by molar-refractivity contribution is -0.117. The van der Waals surface area contributed by atoms with Crippen LogP contribution in [0.3, 0.4) is 0 Å². The summed E-state index contributed by atoms with van der Waals surface area (Å²) in [4.78, 5) is 10.8. The van der Waals surface area contributed by atoms with Crippen LogP contribution < -0.4 is 11.3 Å². The summed E-state index contributed by atoms with van der Waals surface area (Å²) in [6.45, 7) is 0. The van der Waals surface area contributed by atoms with Crippen molar-refractivity contribution < 1.29 is 4.79 Å². The molecule has 0 unspecified atom stereocenters. The minimum atomic E-state index is -0.305. The van der Waals surface area contributed by atoms with E-state index in [1.54, 1.807) is 12.3 Å². The number of hydrogen-bond donors (Lipinski definition) is 2. The van der Waals surface area contributed by atoms with Crippen LogP contribution in [0, 0.1) is 0 Å². The van der Waals surface area contributed by atoms with Crippen molar-refractivity contribution in [3.63, 3.8) is 0 Å². The van der Waals surface area contributed by atoms with Gasteiger partial charge in [0.05, 0.1) is 0 Å². The second-order valence-electron chi connectivity index (χ2n) is 1.55. The molecule has 4 nitrogen and oxygen atoms in total. The molecular formula is C5H6IN3O. The van der Waals surface area contributed by atoms with Gasteiger partial charge in [0.2, 0.25) is 0 Å². The van der Waals surface area contributed by atoms with Crippen LogP contribution in [-0.4, -0.2) is 5.91 Å². The van der Waals surface area contributed by atoms with E-state index < -0.39 is 0 Å². The van der Waals surface area contributed by atoms with Gasteiger partial charge >= 0.3 is 0 Å². The van der Waals surface area contributed by atoms with Gasteiger partial charge < -0.3 is 0 Å². The van der Waals surface area contributed by atoms with E-state index >= 15 is 0 Å². The number of rotatable bonds is 1. The van der Waals surface area contributed by atoms with E-state index in [-0.39, 0.29) is 26.9 Å². The summed E-state index contributed by atoms with van der Waals surface area (Å²) < 4.78 is 5.80. The van der Waals surface area contributed by atoms with Gasteiger partial charge in [-0.1, -0.05) is 0 Å². The molecule has 0 aromatic heterocycles. The highest BCUT2D eigenvalue weighted by atomic mass is 127. The molecule has 0 fully saturated rings. The molecule has 0 aliphatic carbocycles. The van der Waals surface area contributed by atoms with Crippen molar-refractivity contribution in [3.05, 3.63) is 21.9 Å². The number of nitrogens with zero attached hydrogens (tertiary/aromatic N) is 1. The smallest absolute Gasteiger partial charge is 0.265 e. The fourth-order valence-corrected chi connectivity index (χ4v) is 1.76. The number of nitrogens with two attached hydrogens (primary N) is 1. The Morgan fingerprint density at radius 2 is 2.60 bits per heavy atom. The molecule has 0 saturated carbocycles. The van der Waals surface area contributed by atoms with E-state index in [0.717, 1.165) is 0 Å². The predicted octanol–water partition coefficient (Wildman–Crippen LogP) is 0.542. The van der Waals surface area contributed by atoms with Crippen LogP contribution in [-0.2, 0) is 4.79 Å². The molecule has 1 amide bonds. The molecule has 1 rings (SSSR count). The first-order valence-corrected chi connectivity index (χ1v) is 4.76. The van der Waals surface area contributed by atoms with E-state index in [1.807, 2.05) is 4.08 Å². The van der Waals surface area contributed by atoms with E-state index in [2.05, 4.69) is 8.57 Å². The summed E-state index contributed by atoms with van der Waals surface area (Å²) in [5.74, 6) is 4.67. The van der Waals surface area contributed by atoms with E-state index in [4.69, 9.17) is 5.84 Å². The van der Waals surface area contributed by atoms with Gasteiger partial charge in [-0.05, 0) is 6.08 Å². The van der Waals surface area contributed by atoms with Crippen LogP contribution in [0.4, 0.5) is 0 Å². The summed E-state index contributed by atoms with van der Waals surface area (Å²) in [5, 5.41) is 0. The van der Waals surface area contributed by atoms with Crippen LogP contribution in [0.15, 0.2) is 25.1 Å². The van der Waals surface area contributed by atoms with Gasteiger partial charge in [-0.15, -0.1) is 0 Å². The molecule has 0 spiro atoms. The summed E-state index contributed by atoms with van der Waals surface area (Å²) in [6.07, 6.45) is 3.28. The van der Waals surface area contributed by atoms with Crippen LogP contribution in [0.25, 0.3) is 0 Å². The Hall–Kier alpha value is -0.560. The van der Waals surface area contributed by atoms with Gasteiger partial charge in [-0.2, -0.15) is 0 Å². The maximum atomic E-state index is 10.8. The lowest BCUT2D eigenvalue weighted by Crippen LogP contribution is -2.30. The quantitative estimate of drug-likeness (QED) is 0.309. The van der Waals surface area contributed by atoms with Crippen molar-refractivity contribution in [3.8, 4) is 0 Å². The second-order valence-corrected chi connectivity index (χ2v) is 3.29. The van der Waals surface area contributed by atoms with Gasteiger partial charge in [-0.25, -0.2) is 8.99 Å². The average Bonchev–Trinajstić information content (AvgIpc) is 2.05. The number of carbonyl (C=O) groups excluding carboxylic acids is 1. The lowest BCUT2D eigenvalue weighted by atomic mass is 10.3. The largest absolute Gasteiger partial charge is 0.290 e. The monoisotopic (exact) mass is 251 g/mol. The number of halogens is 1. The third-order valence-corrected chi connectivity index (χ3v) is 2.52. The third kappa shape index (κ3) is 1.71. The number of amides is 1. The molecule has 0 bridgehead atoms. The zero-order chi connectivity index (χ0) is 7.40. The highest BCUT2D eigenvalue weighted by Crippen LogP contribution is 2.14. The van der Waals surface area contributed by atoms with Crippen molar-refractivity contribution in [2.24, 2.45) is 8.99 Å². The third-order valence-electron chi connectivity index (χ3n) is 0.926. The molecule has 0 atom stereocenters. The lowest BCUT2D eigenvalue weighted by Gasteiger charge is -1.98. The summed E-state index contributed by atoms with van der Waals surface area (Å²) in [6, 6.07) is 0. The normalized spacial score (nSPS) is 15.5. The molecule has 54 valence electrons. The maximum Gasteiger partial charge on any atom is 0.265 e. The Kier molecular flexibility index (Phi) is 2.69. The molecule has 0 aromatic carbocycles. The molecule has 0 saturated heterocycles. The molecule has 10 heavy (non-hydrogen) atoms. The molecule has 1 heterocycles. The first-order chi connectivity index (χ1) is 4.84. The van der Waals surface area contributed by atoms with Crippen molar-refractivity contribution in [1.29, 1.82) is 0 Å². The van der Waals surface area contributed by atoms with Crippen LogP contribution in [0.2, 0.25) is 0 Å². The van der Waals surface area contributed by atoms with Crippen molar-refractivity contribution in [1.82, 2.24) is 5.43 Å². The van der Waals surface area contributed by atoms with Crippen LogP contribution >= 0.6 is 21.0 Å². The SMILES string of the molecule is NNC(=O)C1=CI=NC=C1.